The molecule has 0 aliphatic carbocycles. The molecule has 0 aliphatic rings. The van der Waals surface area contributed by atoms with Gasteiger partial charge in [0, 0.05) is 40.8 Å². The zero-order valence-electron chi connectivity index (χ0n) is 13.5. The fourth-order valence-electron chi connectivity index (χ4n) is 1.48. The van der Waals surface area contributed by atoms with E-state index >= 15 is 0 Å². The Kier molecular flexibility index (Phi) is 11.7. The Morgan fingerprint density at radius 2 is 1.64 bits per heavy atom. The zero-order valence-corrected chi connectivity index (χ0v) is 14.5. The predicted molar refractivity (Wildman–Crippen MR) is 78.1 cm³/mol. The smallest absolute Gasteiger partial charge is 0.447 e. The van der Waals surface area contributed by atoms with Crippen LogP contribution in [0.3, 0.4) is 0 Å². The number of amides is 1. The maximum Gasteiger partial charge on any atom is 0.500 e. The molecule has 0 bridgehead atoms. The molecular formula is C12H25NO8Si. The van der Waals surface area contributed by atoms with Gasteiger partial charge in [0.15, 0.2) is 6.79 Å². The van der Waals surface area contributed by atoms with Crippen LogP contribution in [0.2, 0.25) is 6.04 Å². The van der Waals surface area contributed by atoms with Crippen molar-refractivity contribution in [3.8, 4) is 0 Å². The third kappa shape index (κ3) is 9.68. The topological polar surface area (TPSA) is 102 Å². The average molecular weight is 339 g/mol. The molecule has 0 aliphatic heterocycles. The molecule has 0 saturated carbocycles. The molecule has 1 N–H and O–H groups in total. The van der Waals surface area contributed by atoms with Gasteiger partial charge in [-0.15, -0.1) is 0 Å². The molecule has 0 aromatic rings. The number of rotatable bonds is 12. The third-order valence-corrected chi connectivity index (χ3v) is 5.50. The summed E-state index contributed by atoms with van der Waals surface area (Å²) in [5, 5.41) is 2.59. The Labute approximate surface area is 131 Å². The Hall–Kier alpha value is -1.20. The van der Waals surface area contributed by atoms with Crippen molar-refractivity contribution in [2.24, 2.45) is 0 Å². The van der Waals surface area contributed by atoms with E-state index in [0.29, 0.717) is 19.0 Å². The minimum Gasteiger partial charge on any atom is -0.447 e. The lowest BCUT2D eigenvalue weighted by Gasteiger charge is -2.24. The summed E-state index contributed by atoms with van der Waals surface area (Å²) in [4.78, 5) is 21.8. The molecule has 0 radical (unpaired) electrons. The number of alkyl carbamates (subject to hydrolysis) is 1. The van der Waals surface area contributed by atoms with Crippen LogP contribution in [0.1, 0.15) is 13.3 Å². The van der Waals surface area contributed by atoms with Crippen LogP contribution in [0.25, 0.3) is 0 Å². The molecule has 0 unspecified atom stereocenters. The summed E-state index contributed by atoms with van der Waals surface area (Å²) in [6.45, 7) is 1.76. The SMILES string of the molecule is CO[Si](CCCNC(=O)OCCOCOC(C)=O)(OC)OC. The van der Waals surface area contributed by atoms with Gasteiger partial charge in [-0.05, 0) is 6.42 Å². The van der Waals surface area contributed by atoms with Crippen LogP contribution in [-0.4, -0.2) is 68.7 Å². The van der Waals surface area contributed by atoms with Crippen molar-refractivity contribution in [3.63, 3.8) is 0 Å². The lowest BCUT2D eigenvalue weighted by Crippen LogP contribution is -2.43. The van der Waals surface area contributed by atoms with E-state index in [0.717, 1.165) is 0 Å². The average Bonchev–Trinajstić information content (AvgIpc) is 2.51. The van der Waals surface area contributed by atoms with E-state index in [1.807, 2.05) is 0 Å². The van der Waals surface area contributed by atoms with E-state index < -0.39 is 20.9 Å². The van der Waals surface area contributed by atoms with Gasteiger partial charge in [0.05, 0.1) is 6.61 Å². The van der Waals surface area contributed by atoms with Crippen molar-refractivity contribution < 1.29 is 37.1 Å². The highest BCUT2D eigenvalue weighted by Crippen LogP contribution is 2.14. The summed E-state index contributed by atoms with van der Waals surface area (Å²) in [6, 6.07) is 0.586. The highest BCUT2D eigenvalue weighted by atomic mass is 28.4. The van der Waals surface area contributed by atoms with Gasteiger partial charge in [0.25, 0.3) is 0 Å². The molecule has 22 heavy (non-hydrogen) atoms. The molecule has 0 saturated heterocycles. The van der Waals surface area contributed by atoms with Gasteiger partial charge >= 0.3 is 20.9 Å². The van der Waals surface area contributed by atoms with Gasteiger partial charge < -0.3 is 32.8 Å². The Balaban J connectivity index is 3.59. The molecule has 0 atom stereocenters. The number of ether oxygens (including phenoxy) is 3. The van der Waals surface area contributed by atoms with E-state index in [1.165, 1.54) is 28.3 Å². The van der Waals surface area contributed by atoms with Crippen LogP contribution in [0, 0.1) is 0 Å². The molecule has 0 heterocycles. The maximum atomic E-state index is 11.4. The fourth-order valence-corrected chi connectivity index (χ4v) is 3.20. The normalized spacial score (nSPS) is 11.1. The number of nitrogens with one attached hydrogen (secondary N) is 1. The monoisotopic (exact) mass is 339 g/mol. The molecule has 9 nitrogen and oxygen atoms in total. The number of carbonyl (C=O) groups excluding carboxylic acids is 2. The van der Waals surface area contributed by atoms with Gasteiger partial charge in [-0.3, -0.25) is 4.79 Å². The van der Waals surface area contributed by atoms with Crippen LogP contribution >= 0.6 is 0 Å². The van der Waals surface area contributed by atoms with Crippen LogP contribution < -0.4 is 5.32 Å². The van der Waals surface area contributed by atoms with E-state index in [1.54, 1.807) is 0 Å². The van der Waals surface area contributed by atoms with Gasteiger partial charge in [-0.25, -0.2) is 4.79 Å². The standard InChI is InChI=1S/C12H25NO8Si/c1-11(14)21-10-19-7-8-20-12(15)13-6-5-9-22(16-2,17-3)18-4/h5-10H2,1-4H3,(H,13,15). The number of hydrogen-bond acceptors (Lipinski definition) is 8. The minimum absolute atomic E-state index is 0.0694. The second-order valence-corrected chi connectivity index (χ2v) is 7.21. The molecule has 0 fully saturated rings. The van der Waals surface area contributed by atoms with Crippen LogP contribution in [0.15, 0.2) is 0 Å². The van der Waals surface area contributed by atoms with Crippen molar-refractivity contribution in [3.05, 3.63) is 0 Å². The third-order valence-electron chi connectivity index (χ3n) is 2.67. The van der Waals surface area contributed by atoms with Crippen molar-refractivity contribution in [2.75, 3.05) is 47.9 Å². The summed E-state index contributed by atoms with van der Waals surface area (Å²) in [5.74, 6) is -0.429. The van der Waals surface area contributed by atoms with Gasteiger partial charge in [-0.1, -0.05) is 0 Å². The fraction of sp³-hybridized carbons (Fsp3) is 0.833. The summed E-state index contributed by atoms with van der Waals surface area (Å²) in [5.41, 5.74) is 0. The van der Waals surface area contributed by atoms with E-state index in [4.69, 9.17) is 22.8 Å². The molecule has 1 amide bonds. The molecule has 0 aromatic heterocycles. The first kappa shape index (κ1) is 20.8. The first-order valence-corrected chi connectivity index (χ1v) is 8.70. The zero-order chi connectivity index (χ0) is 16.8. The van der Waals surface area contributed by atoms with E-state index in [9.17, 15) is 9.59 Å². The number of hydrogen-bond donors (Lipinski definition) is 1. The quantitative estimate of drug-likeness (QED) is 0.238. The van der Waals surface area contributed by atoms with Gasteiger partial charge in [0.2, 0.25) is 0 Å². The molecule has 130 valence electrons. The number of esters is 1. The highest BCUT2D eigenvalue weighted by molar-refractivity contribution is 6.60. The van der Waals surface area contributed by atoms with Crippen molar-refractivity contribution in [2.45, 2.75) is 19.4 Å². The predicted octanol–water partition coefficient (Wildman–Crippen LogP) is 0.518. The summed E-state index contributed by atoms with van der Waals surface area (Å²) in [7, 11) is 2.02. The van der Waals surface area contributed by atoms with Gasteiger partial charge in [0.1, 0.15) is 6.61 Å². The largest absolute Gasteiger partial charge is 0.500 e. The lowest BCUT2D eigenvalue weighted by atomic mass is 10.5. The summed E-state index contributed by atoms with van der Waals surface area (Å²) < 4.78 is 30.1. The van der Waals surface area contributed by atoms with Crippen LogP contribution in [0.4, 0.5) is 4.79 Å². The van der Waals surface area contributed by atoms with E-state index in [2.05, 4.69) is 10.1 Å². The van der Waals surface area contributed by atoms with Crippen molar-refractivity contribution >= 4 is 20.9 Å². The Morgan fingerprint density at radius 3 is 2.18 bits per heavy atom. The van der Waals surface area contributed by atoms with Crippen LogP contribution in [-0.2, 0) is 32.3 Å². The van der Waals surface area contributed by atoms with Crippen molar-refractivity contribution in [1.82, 2.24) is 5.32 Å². The summed E-state index contributed by atoms with van der Waals surface area (Å²) in [6.07, 6.45) is 0.0929. The molecule has 0 aromatic carbocycles. The molecule has 0 rings (SSSR count). The van der Waals surface area contributed by atoms with Crippen molar-refractivity contribution in [1.29, 1.82) is 0 Å². The minimum atomic E-state index is -2.59. The molecular weight excluding hydrogens is 314 g/mol. The first-order chi connectivity index (χ1) is 10.5. The summed E-state index contributed by atoms with van der Waals surface area (Å²) >= 11 is 0. The highest BCUT2D eigenvalue weighted by Gasteiger charge is 2.36. The lowest BCUT2D eigenvalue weighted by molar-refractivity contribution is -0.154. The van der Waals surface area contributed by atoms with Crippen LogP contribution in [0.5, 0.6) is 0 Å². The second-order valence-electron chi connectivity index (χ2n) is 4.12. The van der Waals surface area contributed by atoms with Gasteiger partial charge in [-0.2, -0.15) is 0 Å². The Morgan fingerprint density at radius 1 is 1.00 bits per heavy atom. The Bertz CT molecular complexity index is 316. The molecule has 10 heteroatoms. The maximum absolute atomic E-state index is 11.4. The second kappa shape index (κ2) is 12.4. The molecule has 0 spiro atoms. The first-order valence-electron chi connectivity index (χ1n) is 6.77. The number of carbonyl (C=O) groups is 2. The van der Waals surface area contributed by atoms with E-state index in [-0.39, 0.29) is 20.0 Å².